The molecule has 2 aromatic rings. The van der Waals surface area contributed by atoms with E-state index in [9.17, 15) is 14.7 Å². The summed E-state index contributed by atoms with van der Waals surface area (Å²) in [6.07, 6.45) is 3.41. The molecular formula is C18H20N2O3. The topological polar surface area (TPSA) is 79.3 Å². The predicted octanol–water partition coefficient (Wildman–Crippen LogP) is 3.04. The van der Waals surface area contributed by atoms with Crippen LogP contribution in [0.15, 0.2) is 42.7 Å². The van der Waals surface area contributed by atoms with Gasteiger partial charge in [-0.2, -0.15) is 0 Å². The van der Waals surface area contributed by atoms with Gasteiger partial charge in [-0.25, -0.2) is 4.79 Å². The Labute approximate surface area is 135 Å². The van der Waals surface area contributed by atoms with Crippen molar-refractivity contribution in [2.45, 2.75) is 32.7 Å². The maximum absolute atomic E-state index is 12.4. The molecule has 5 nitrogen and oxygen atoms in total. The van der Waals surface area contributed by atoms with E-state index in [4.69, 9.17) is 0 Å². The Morgan fingerprint density at radius 2 is 1.96 bits per heavy atom. The molecule has 0 saturated carbocycles. The Balaban J connectivity index is 2.29. The van der Waals surface area contributed by atoms with Gasteiger partial charge in [0.15, 0.2) is 0 Å². The number of carboxylic acid groups (broad SMARTS) is 1. The highest BCUT2D eigenvalue weighted by atomic mass is 16.4. The minimum atomic E-state index is -1.30. The minimum absolute atomic E-state index is 0.291. The lowest BCUT2D eigenvalue weighted by atomic mass is 9.98. The minimum Gasteiger partial charge on any atom is -0.480 e. The van der Waals surface area contributed by atoms with Crippen LogP contribution in [0.25, 0.3) is 11.1 Å². The lowest BCUT2D eigenvalue weighted by Gasteiger charge is -2.24. The van der Waals surface area contributed by atoms with Gasteiger partial charge in [0.25, 0.3) is 5.91 Å². The first-order chi connectivity index (χ1) is 10.9. The summed E-state index contributed by atoms with van der Waals surface area (Å²) in [6.45, 7) is 5.20. The van der Waals surface area contributed by atoms with Gasteiger partial charge in [-0.05, 0) is 31.9 Å². The monoisotopic (exact) mass is 312 g/mol. The smallest absolute Gasteiger partial charge is 0.329 e. The number of rotatable bonds is 5. The largest absolute Gasteiger partial charge is 0.480 e. The molecule has 0 saturated heterocycles. The molecule has 120 valence electrons. The molecule has 0 aliphatic carbocycles. The zero-order chi connectivity index (χ0) is 17.0. The number of aliphatic carboxylic acids is 1. The first kappa shape index (κ1) is 16.7. The van der Waals surface area contributed by atoms with Crippen molar-refractivity contribution < 1.29 is 14.7 Å². The molecule has 1 aromatic carbocycles. The Bertz CT molecular complexity index is 743. The van der Waals surface area contributed by atoms with Gasteiger partial charge >= 0.3 is 5.97 Å². The molecule has 0 aliphatic heterocycles. The first-order valence-corrected chi connectivity index (χ1v) is 7.43. The molecule has 1 atom stereocenters. The molecule has 0 bridgehead atoms. The van der Waals surface area contributed by atoms with Crippen molar-refractivity contribution in [1.29, 1.82) is 0 Å². The molecule has 0 fully saturated rings. The maximum Gasteiger partial charge on any atom is 0.329 e. The van der Waals surface area contributed by atoms with E-state index in [1.807, 2.05) is 31.2 Å². The lowest BCUT2D eigenvalue weighted by Crippen LogP contribution is -2.51. The van der Waals surface area contributed by atoms with E-state index >= 15 is 0 Å². The van der Waals surface area contributed by atoms with Gasteiger partial charge in [0, 0.05) is 18.0 Å². The fraction of sp³-hybridized carbons (Fsp3) is 0.278. The first-order valence-electron chi connectivity index (χ1n) is 7.43. The van der Waals surface area contributed by atoms with Crippen LogP contribution in [-0.4, -0.2) is 27.5 Å². The van der Waals surface area contributed by atoms with Crippen molar-refractivity contribution in [3.05, 3.63) is 53.9 Å². The third kappa shape index (κ3) is 3.74. The molecule has 1 unspecified atom stereocenters. The quantitative estimate of drug-likeness (QED) is 0.889. The molecule has 0 aliphatic rings. The number of nitrogens with one attached hydrogen (secondary N) is 1. The van der Waals surface area contributed by atoms with Crippen molar-refractivity contribution in [1.82, 2.24) is 10.3 Å². The number of aryl methyl sites for hydroxylation is 1. The van der Waals surface area contributed by atoms with E-state index in [2.05, 4.69) is 10.3 Å². The van der Waals surface area contributed by atoms with Gasteiger partial charge in [0.05, 0.1) is 5.56 Å². The van der Waals surface area contributed by atoms with Crippen LogP contribution in [0.4, 0.5) is 0 Å². The van der Waals surface area contributed by atoms with Crippen LogP contribution in [-0.2, 0) is 4.79 Å². The molecule has 5 heteroatoms. The van der Waals surface area contributed by atoms with E-state index < -0.39 is 17.4 Å². The van der Waals surface area contributed by atoms with E-state index in [1.165, 1.54) is 13.1 Å². The van der Waals surface area contributed by atoms with Crippen LogP contribution in [0.2, 0.25) is 0 Å². The summed E-state index contributed by atoms with van der Waals surface area (Å²) < 4.78 is 0. The highest BCUT2D eigenvalue weighted by Gasteiger charge is 2.33. The van der Waals surface area contributed by atoms with Crippen molar-refractivity contribution >= 4 is 11.9 Å². The second-order valence-electron chi connectivity index (χ2n) is 5.78. The van der Waals surface area contributed by atoms with Gasteiger partial charge in [0.1, 0.15) is 5.54 Å². The number of amides is 1. The van der Waals surface area contributed by atoms with Crippen molar-refractivity contribution in [2.75, 3.05) is 0 Å². The molecule has 1 heterocycles. The fourth-order valence-corrected chi connectivity index (χ4v) is 2.16. The summed E-state index contributed by atoms with van der Waals surface area (Å²) in [6, 6.07) is 9.60. The molecule has 2 rings (SSSR count). The number of aromatic nitrogens is 1. The van der Waals surface area contributed by atoms with E-state index in [0.717, 1.165) is 16.7 Å². The average Bonchev–Trinajstić information content (AvgIpc) is 2.54. The third-order valence-corrected chi connectivity index (χ3v) is 3.92. The van der Waals surface area contributed by atoms with Gasteiger partial charge in [0.2, 0.25) is 0 Å². The van der Waals surface area contributed by atoms with Crippen molar-refractivity contribution in [3.8, 4) is 11.1 Å². The maximum atomic E-state index is 12.4. The van der Waals surface area contributed by atoms with Gasteiger partial charge in [-0.3, -0.25) is 9.78 Å². The molecule has 1 amide bonds. The summed E-state index contributed by atoms with van der Waals surface area (Å²) in [7, 11) is 0. The fourth-order valence-electron chi connectivity index (χ4n) is 2.16. The number of carbonyl (C=O) groups excluding carboxylic acids is 1. The SMILES string of the molecule is CCC(C)(NC(=O)c1cncc(-c2cccc(C)c2)c1)C(=O)O. The number of carboxylic acids is 1. The summed E-state index contributed by atoms with van der Waals surface area (Å²) >= 11 is 0. The Morgan fingerprint density at radius 1 is 1.22 bits per heavy atom. The third-order valence-electron chi connectivity index (χ3n) is 3.92. The van der Waals surface area contributed by atoms with Crippen LogP contribution in [0, 0.1) is 6.92 Å². The Morgan fingerprint density at radius 3 is 2.57 bits per heavy atom. The molecule has 2 N–H and O–H groups in total. The van der Waals surface area contributed by atoms with Crippen LogP contribution in [0.5, 0.6) is 0 Å². The molecular weight excluding hydrogens is 292 g/mol. The molecule has 0 spiro atoms. The second kappa shape index (κ2) is 6.60. The Hall–Kier alpha value is -2.69. The number of benzene rings is 1. The molecule has 23 heavy (non-hydrogen) atoms. The van der Waals surface area contributed by atoms with E-state index in [-0.39, 0.29) is 0 Å². The highest BCUT2D eigenvalue weighted by Crippen LogP contribution is 2.21. The summed E-state index contributed by atoms with van der Waals surface area (Å²) in [5, 5.41) is 11.8. The van der Waals surface area contributed by atoms with Crippen molar-refractivity contribution in [3.63, 3.8) is 0 Å². The number of carbonyl (C=O) groups is 2. The van der Waals surface area contributed by atoms with E-state index in [0.29, 0.717) is 12.0 Å². The zero-order valence-electron chi connectivity index (χ0n) is 13.5. The summed E-state index contributed by atoms with van der Waals surface area (Å²) in [5.41, 5.74) is 1.93. The summed E-state index contributed by atoms with van der Waals surface area (Å²) in [5.74, 6) is -1.50. The van der Waals surface area contributed by atoms with Gasteiger partial charge in [-0.15, -0.1) is 0 Å². The number of hydrogen-bond acceptors (Lipinski definition) is 3. The van der Waals surface area contributed by atoms with Crippen LogP contribution in [0.3, 0.4) is 0 Å². The molecule has 0 radical (unpaired) electrons. The second-order valence-corrected chi connectivity index (χ2v) is 5.78. The average molecular weight is 312 g/mol. The van der Waals surface area contributed by atoms with E-state index in [1.54, 1.807) is 19.2 Å². The zero-order valence-corrected chi connectivity index (χ0v) is 13.5. The summed E-state index contributed by atoms with van der Waals surface area (Å²) in [4.78, 5) is 27.8. The number of pyridine rings is 1. The van der Waals surface area contributed by atoms with Gasteiger partial charge < -0.3 is 10.4 Å². The normalized spacial score (nSPS) is 13.2. The molecule has 1 aromatic heterocycles. The van der Waals surface area contributed by atoms with Gasteiger partial charge in [-0.1, -0.05) is 36.8 Å². The predicted molar refractivity (Wildman–Crippen MR) is 88.2 cm³/mol. The van der Waals surface area contributed by atoms with Crippen LogP contribution >= 0.6 is 0 Å². The standard InChI is InChI=1S/C18H20N2O3/c1-4-18(3,17(22)23)20-16(21)15-9-14(10-19-11-15)13-7-5-6-12(2)8-13/h5-11H,4H2,1-3H3,(H,20,21)(H,22,23). The highest BCUT2D eigenvalue weighted by molar-refractivity contribution is 5.98. The van der Waals surface area contributed by atoms with Crippen molar-refractivity contribution in [2.24, 2.45) is 0 Å². The lowest BCUT2D eigenvalue weighted by molar-refractivity contribution is -0.143. The number of hydrogen-bond donors (Lipinski definition) is 2. The van der Waals surface area contributed by atoms with Crippen LogP contribution in [0.1, 0.15) is 36.2 Å². The van der Waals surface area contributed by atoms with Crippen LogP contribution < -0.4 is 5.32 Å². The number of nitrogens with zero attached hydrogens (tertiary/aromatic N) is 1. The Kier molecular flexibility index (Phi) is 4.79.